The fourth-order valence-electron chi connectivity index (χ4n) is 1.49. The number of quaternary nitrogens is 1. The summed E-state index contributed by atoms with van der Waals surface area (Å²) < 4.78 is 5.69. The van der Waals surface area contributed by atoms with Crippen LogP contribution in [-0.4, -0.2) is 0 Å². The first-order valence-electron chi connectivity index (χ1n) is 5.41. The molecule has 0 spiro atoms. The van der Waals surface area contributed by atoms with Crippen LogP contribution < -0.4 is 10.5 Å². The second-order valence-corrected chi connectivity index (χ2v) is 3.89. The lowest BCUT2D eigenvalue weighted by Gasteiger charge is -2.07. The van der Waals surface area contributed by atoms with Crippen LogP contribution in [-0.2, 0) is 0 Å². The van der Waals surface area contributed by atoms with Crippen LogP contribution in [0.4, 0.5) is 0 Å². The molecule has 1 unspecified atom stereocenters. The molecule has 2 nitrogen and oxygen atoms in total. The number of benzene rings is 2. The molecule has 3 N–H and O–H groups in total. The minimum absolute atomic E-state index is 0.311. The zero-order valence-electron chi connectivity index (χ0n) is 9.39. The SMILES string of the molecule is CC([NH3+])c1ccc(Oc2ccccc2)cc1. The van der Waals surface area contributed by atoms with Crippen LogP contribution in [0.3, 0.4) is 0 Å². The van der Waals surface area contributed by atoms with E-state index in [1.807, 2.05) is 42.5 Å². The average molecular weight is 214 g/mol. The summed E-state index contributed by atoms with van der Waals surface area (Å²) in [7, 11) is 0. The van der Waals surface area contributed by atoms with Crippen LogP contribution in [0.15, 0.2) is 54.6 Å². The maximum absolute atomic E-state index is 5.69. The third kappa shape index (κ3) is 2.61. The summed E-state index contributed by atoms with van der Waals surface area (Å²) in [6.07, 6.45) is 0. The van der Waals surface area contributed by atoms with E-state index in [4.69, 9.17) is 4.74 Å². The number of rotatable bonds is 3. The minimum Gasteiger partial charge on any atom is -0.457 e. The van der Waals surface area contributed by atoms with Crippen LogP contribution in [0.1, 0.15) is 18.5 Å². The molecule has 2 rings (SSSR count). The zero-order chi connectivity index (χ0) is 11.4. The van der Waals surface area contributed by atoms with Gasteiger partial charge in [-0.1, -0.05) is 18.2 Å². The summed E-state index contributed by atoms with van der Waals surface area (Å²) in [5, 5.41) is 0. The number of hydrogen-bond donors (Lipinski definition) is 1. The monoisotopic (exact) mass is 214 g/mol. The fraction of sp³-hybridized carbons (Fsp3) is 0.143. The molecule has 0 amide bonds. The highest BCUT2D eigenvalue weighted by Gasteiger charge is 2.02. The molecule has 0 heterocycles. The molecule has 82 valence electrons. The molecule has 0 radical (unpaired) electrons. The van der Waals surface area contributed by atoms with E-state index in [-0.39, 0.29) is 0 Å². The van der Waals surface area contributed by atoms with Crippen molar-refractivity contribution in [2.24, 2.45) is 0 Å². The van der Waals surface area contributed by atoms with E-state index in [1.54, 1.807) is 0 Å². The summed E-state index contributed by atoms with van der Waals surface area (Å²) in [4.78, 5) is 0. The van der Waals surface area contributed by atoms with Crippen molar-refractivity contribution in [1.82, 2.24) is 0 Å². The van der Waals surface area contributed by atoms with Gasteiger partial charge in [-0.3, -0.25) is 0 Å². The van der Waals surface area contributed by atoms with Gasteiger partial charge in [0.05, 0.1) is 0 Å². The minimum atomic E-state index is 0.311. The molecule has 0 saturated carbocycles. The molecule has 2 aromatic rings. The predicted octanol–water partition coefficient (Wildman–Crippen LogP) is 2.78. The molecule has 0 fully saturated rings. The lowest BCUT2D eigenvalue weighted by molar-refractivity contribution is -0.420. The van der Waals surface area contributed by atoms with Gasteiger partial charge >= 0.3 is 0 Å². The van der Waals surface area contributed by atoms with Crippen LogP contribution in [0.2, 0.25) is 0 Å². The fourth-order valence-corrected chi connectivity index (χ4v) is 1.49. The molecular formula is C14H16NO+. The Morgan fingerprint density at radius 3 is 2.00 bits per heavy atom. The first-order chi connectivity index (χ1) is 7.75. The normalized spacial score (nSPS) is 12.1. The Morgan fingerprint density at radius 2 is 1.44 bits per heavy atom. The number of para-hydroxylation sites is 1. The largest absolute Gasteiger partial charge is 0.457 e. The molecule has 0 aromatic heterocycles. The Balaban J connectivity index is 2.11. The van der Waals surface area contributed by atoms with E-state index >= 15 is 0 Å². The number of ether oxygens (including phenoxy) is 1. The average Bonchev–Trinajstić information content (AvgIpc) is 2.31. The Kier molecular flexibility index (Phi) is 3.22. The Morgan fingerprint density at radius 1 is 0.875 bits per heavy atom. The third-order valence-corrected chi connectivity index (χ3v) is 2.43. The summed E-state index contributed by atoms with van der Waals surface area (Å²) >= 11 is 0. The van der Waals surface area contributed by atoms with Crippen LogP contribution >= 0.6 is 0 Å². The van der Waals surface area contributed by atoms with Gasteiger partial charge in [0.25, 0.3) is 0 Å². The van der Waals surface area contributed by atoms with Crippen molar-refractivity contribution in [2.45, 2.75) is 13.0 Å². The maximum atomic E-state index is 5.69. The Bertz CT molecular complexity index is 434. The Hall–Kier alpha value is -1.80. The topological polar surface area (TPSA) is 36.9 Å². The van der Waals surface area contributed by atoms with Gasteiger partial charge in [0.15, 0.2) is 0 Å². The van der Waals surface area contributed by atoms with Crippen molar-refractivity contribution < 1.29 is 10.5 Å². The van der Waals surface area contributed by atoms with E-state index < -0.39 is 0 Å². The van der Waals surface area contributed by atoms with Gasteiger partial charge in [-0.2, -0.15) is 0 Å². The van der Waals surface area contributed by atoms with Crippen LogP contribution in [0, 0.1) is 0 Å². The van der Waals surface area contributed by atoms with E-state index in [0.717, 1.165) is 11.5 Å². The van der Waals surface area contributed by atoms with Gasteiger partial charge in [-0.15, -0.1) is 0 Å². The highest BCUT2D eigenvalue weighted by molar-refractivity contribution is 5.33. The van der Waals surface area contributed by atoms with Crippen LogP contribution in [0.5, 0.6) is 11.5 Å². The second kappa shape index (κ2) is 4.81. The standard InChI is InChI=1S/C14H15NO/c1-11(15)12-7-9-14(10-8-12)16-13-5-3-2-4-6-13/h2-11H,15H2,1H3/p+1. The molecule has 16 heavy (non-hydrogen) atoms. The lowest BCUT2D eigenvalue weighted by Crippen LogP contribution is -2.51. The molecular weight excluding hydrogens is 198 g/mol. The number of hydrogen-bond acceptors (Lipinski definition) is 1. The van der Waals surface area contributed by atoms with Crippen molar-refractivity contribution in [1.29, 1.82) is 0 Å². The first kappa shape index (κ1) is 10.7. The predicted molar refractivity (Wildman–Crippen MR) is 64.3 cm³/mol. The molecule has 2 heteroatoms. The highest BCUT2D eigenvalue weighted by atomic mass is 16.5. The summed E-state index contributed by atoms with van der Waals surface area (Å²) in [6.45, 7) is 2.08. The van der Waals surface area contributed by atoms with Crippen molar-refractivity contribution >= 4 is 0 Å². The van der Waals surface area contributed by atoms with Gasteiger partial charge in [0, 0.05) is 5.56 Å². The molecule has 0 aliphatic heterocycles. The van der Waals surface area contributed by atoms with E-state index in [9.17, 15) is 0 Å². The van der Waals surface area contributed by atoms with Crippen molar-refractivity contribution in [3.8, 4) is 11.5 Å². The lowest BCUT2D eigenvalue weighted by atomic mass is 10.1. The van der Waals surface area contributed by atoms with E-state index in [2.05, 4.69) is 24.8 Å². The van der Waals surface area contributed by atoms with Crippen molar-refractivity contribution in [3.05, 3.63) is 60.2 Å². The van der Waals surface area contributed by atoms with E-state index in [0.29, 0.717) is 6.04 Å². The van der Waals surface area contributed by atoms with Crippen molar-refractivity contribution in [2.75, 3.05) is 0 Å². The van der Waals surface area contributed by atoms with Gasteiger partial charge < -0.3 is 10.5 Å². The maximum Gasteiger partial charge on any atom is 0.127 e. The molecule has 0 bridgehead atoms. The Labute approximate surface area is 95.7 Å². The summed E-state index contributed by atoms with van der Waals surface area (Å²) in [5.74, 6) is 1.72. The highest BCUT2D eigenvalue weighted by Crippen LogP contribution is 2.22. The smallest absolute Gasteiger partial charge is 0.127 e. The molecule has 0 aliphatic rings. The third-order valence-electron chi connectivity index (χ3n) is 2.43. The van der Waals surface area contributed by atoms with Crippen molar-refractivity contribution in [3.63, 3.8) is 0 Å². The van der Waals surface area contributed by atoms with Gasteiger partial charge in [-0.25, -0.2) is 0 Å². The van der Waals surface area contributed by atoms with Gasteiger partial charge in [0.2, 0.25) is 0 Å². The summed E-state index contributed by atoms with van der Waals surface area (Å²) in [5.41, 5.74) is 5.20. The molecule has 2 aromatic carbocycles. The quantitative estimate of drug-likeness (QED) is 0.838. The van der Waals surface area contributed by atoms with E-state index in [1.165, 1.54) is 5.56 Å². The zero-order valence-corrected chi connectivity index (χ0v) is 9.39. The molecule has 1 atom stereocenters. The molecule has 0 saturated heterocycles. The van der Waals surface area contributed by atoms with Gasteiger partial charge in [-0.05, 0) is 43.3 Å². The van der Waals surface area contributed by atoms with Gasteiger partial charge in [0.1, 0.15) is 17.5 Å². The summed E-state index contributed by atoms with van der Waals surface area (Å²) in [6, 6.07) is 18.1. The first-order valence-corrected chi connectivity index (χ1v) is 5.41. The second-order valence-electron chi connectivity index (χ2n) is 3.89. The molecule has 0 aliphatic carbocycles. The van der Waals surface area contributed by atoms with Crippen LogP contribution in [0.25, 0.3) is 0 Å².